The van der Waals surface area contributed by atoms with Crippen LogP contribution in [-0.2, 0) is 14.2 Å². The highest BCUT2D eigenvalue weighted by Crippen LogP contribution is 2.43. The highest BCUT2D eigenvalue weighted by molar-refractivity contribution is 6.32. The van der Waals surface area contributed by atoms with Crippen LogP contribution in [-0.4, -0.2) is 25.4 Å². The van der Waals surface area contributed by atoms with Gasteiger partial charge in [0.15, 0.2) is 0 Å². The highest BCUT2D eigenvalue weighted by Gasteiger charge is 2.43. The van der Waals surface area contributed by atoms with E-state index in [0.717, 1.165) is 0 Å². The first-order chi connectivity index (χ1) is 13.1. The molecule has 2 fully saturated rings. The first kappa shape index (κ1) is 18.3. The smallest absolute Gasteiger partial charge is 0.113 e. The summed E-state index contributed by atoms with van der Waals surface area (Å²) in [6.07, 6.45) is -1.36. The average Bonchev–Trinajstić information content (AvgIpc) is 3.55. The number of benzene rings is 2. The molecule has 2 aromatic carbocycles. The van der Waals surface area contributed by atoms with Gasteiger partial charge in [-0.2, -0.15) is 10.5 Å². The van der Waals surface area contributed by atoms with Crippen LogP contribution in [0, 0.1) is 22.7 Å². The maximum absolute atomic E-state index is 9.53. The van der Waals surface area contributed by atoms with Gasteiger partial charge in [0.25, 0.3) is 0 Å². The molecule has 2 aromatic rings. The van der Waals surface area contributed by atoms with E-state index in [9.17, 15) is 10.5 Å². The van der Waals surface area contributed by atoms with E-state index in [-0.39, 0.29) is 12.2 Å². The topological polar surface area (TPSA) is 81.9 Å². The van der Waals surface area contributed by atoms with Crippen molar-refractivity contribution in [2.24, 2.45) is 0 Å². The van der Waals surface area contributed by atoms with Gasteiger partial charge in [0.2, 0.25) is 0 Å². The molecule has 136 valence electrons. The molecule has 0 saturated carbocycles. The van der Waals surface area contributed by atoms with Gasteiger partial charge in [-0.3, -0.25) is 0 Å². The van der Waals surface area contributed by atoms with Gasteiger partial charge < -0.3 is 14.2 Å². The Hall–Kier alpha value is -2.12. The van der Waals surface area contributed by atoms with Crippen LogP contribution in [0.15, 0.2) is 36.4 Å². The number of halogens is 2. The number of nitrogens with zero attached hydrogens (tertiary/aromatic N) is 2. The van der Waals surface area contributed by atoms with E-state index in [0.29, 0.717) is 45.5 Å². The first-order valence-electron chi connectivity index (χ1n) is 8.39. The van der Waals surface area contributed by atoms with Crippen LogP contribution in [0.5, 0.6) is 0 Å². The van der Waals surface area contributed by atoms with Crippen molar-refractivity contribution in [1.29, 1.82) is 10.5 Å². The Morgan fingerprint density at radius 1 is 0.852 bits per heavy atom. The molecule has 0 spiro atoms. The second kappa shape index (κ2) is 7.48. The third kappa shape index (κ3) is 3.66. The van der Waals surface area contributed by atoms with Gasteiger partial charge in [0.05, 0.1) is 34.4 Å². The van der Waals surface area contributed by atoms with Gasteiger partial charge in [0.1, 0.15) is 36.6 Å². The Labute approximate surface area is 166 Å². The molecule has 0 aliphatic carbocycles. The number of rotatable bonds is 6. The normalized spacial score (nSPS) is 22.4. The Morgan fingerprint density at radius 3 is 1.59 bits per heavy atom. The summed E-state index contributed by atoms with van der Waals surface area (Å²) in [7, 11) is 0. The fourth-order valence-corrected chi connectivity index (χ4v) is 3.58. The van der Waals surface area contributed by atoms with Crippen molar-refractivity contribution in [2.75, 3.05) is 13.2 Å². The molecule has 4 atom stereocenters. The van der Waals surface area contributed by atoms with E-state index in [1.807, 2.05) is 12.1 Å². The molecule has 2 aliphatic heterocycles. The molecule has 4 rings (SSSR count). The molecule has 0 bridgehead atoms. The van der Waals surface area contributed by atoms with Gasteiger partial charge in [-0.15, -0.1) is 0 Å². The van der Waals surface area contributed by atoms with E-state index in [2.05, 4.69) is 12.1 Å². The van der Waals surface area contributed by atoms with Gasteiger partial charge >= 0.3 is 0 Å². The summed E-state index contributed by atoms with van der Waals surface area (Å²) in [5, 5.41) is 19.8. The third-order valence-electron chi connectivity index (χ3n) is 4.62. The van der Waals surface area contributed by atoms with Gasteiger partial charge in [-0.25, -0.2) is 0 Å². The predicted molar refractivity (Wildman–Crippen MR) is 98.4 cm³/mol. The van der Waals surface area contributed by atoms with E-state index < -0.39 is 12.2 Å². The maximum Gasteiger partial charge on any atom is 0.113 e. The summed E-state index contributed by atoms with van der Waals surface area (Å²) in [4.78, 5) is 0. The van der Waals surface area contributed by atoms with Gasteiger partial charge in [-0.05, 0) is 12.1 Å². The molecular formula is C20H14Cl2N2O3. The zero-order chi connectivity index (χ0) is 19.0. The van der Waals surface area contributed by atoms with Crippen LogP contribution >= 0.6 is 23.2 Å². The second-order valence-corrected chi connectivity index (χ2v) is 7.17. The first-order valence-corrected chi connectivity index (χ1v) is 9.15. The predicted octanol–water partition coefficient (Wildman–Crippen LogP) is 4.33. The molecule has 7 heteroatoms. The quantitative estimate of drug-likeness (QED) is 0.673. The van der Waals surface area contributed by atoms with Crippen molar-refractivity contribution in [3.05, 3.63) is 68.7 Å². The Balaban J connectivity index is 1.73. The van der Waals surface area contributed by atoms with Crippen LogP contribution in [0.2, 0.25) is 10.0 Å². The van der Waals surface area contributed by atoms with Crippen LogP contribution < -0.4 is 0 Å². The van der Waals surface area contributed by atoms with E-state index in [1.165, 1.54) is 0 Å². The van der Waals surface area contributed by atoms with Gasteiger partial charge in [-0.1, -0.05) is 47.5 Å². The van der Waals surface area contributed by atoms with Crippen molar-refractivity contribution < 1.29 is 14.2 Å². The summed E-state index contributed by atoms with van der Waals surface area (Å²) >= 11 is 12.4. The maximum atomic E-state index is 9.53. The van der Waals surface area contributed by atoms with E-state index in [1.54, 1.807) is 24.3 Å². The summed E-state index contributed by atoms with van der Waals surface area (Å²) in [6, 6.07) is 14.8. The van der Waals surface area contributed by atoms with E-state index in [4.69, 9.17) is 37.4 Å². The zero-order valence-corrected chi connectivity index (χ0v) is 15.6. The molecular weight excluding hydrogens is 387 g/mol. The highest BCUT2D eigenvalue weighted by atomic mass is 35.5. The molecule has 2 saturated heterocycles. The molecule has 0 radical (unpaired) electrons. The van der Waals surface area contributed by atoms with Crippen LogP contribution in [0.4, 0.5) is 0 Å². The minimum Gasteiger partial charge on any atom is -0.370 e. The fraction of sp³-hybridized carbons (Fsp3) is 0.300. The second-order valence-electron chi connectivity index (χ2n) is 6.35. The minimum atomic E-state index is -0.502. The number of hydrogen-bond donors (Lipinski definition) is 0. The lowest BCUT2D eigenvalue weighted by atomic mass is 9.98. The lowest BCUT2D eigenvalue weighted by Gasteiger charge is -2.25. The number of nitriles is 2. The number of ether oxygens (including phenoxy) is 3. The molecule has 0 N–H and O–H groups in total. The van der Waals surface area contributed by atoms with Crippen molar-refractivity contribution in [3.63, 3.8) is 0 Å². The van der Waals surface area contributed by atoms with Crippen LogP contribution in [0.3, 0.4) is 0 Å². The summed E-state index contributed by atoms with van der Waals surface area (Å²) in [5.41, 5.74) is 2.06. The van der Waals surface area contributed by atoms with Crippen molar-refractivity contribution in [1.82, 2.24) is 0 Å². The molecule has 2 heterocycles. The Morgan fingerprint density at radius 2 is 1.26 bits per heavy atom. The van der Waals surface area contributed by atoms with Gasteiger partial charge in [0, 0.05) is 11.1 Å². The Bertz CT molecular complexity index is 881. The summed E-state index contributed by atoms with van der Waals surface area (Å²) < 4.78 is 17.3. The number of epoxide rings is 2. The van der Waals surface area contributed by atoms with Crippen LogP contribution in [0.1, 0.15) is 34.5 Å². The molecule has 2 aliphatic rings. The zero-order valence-electron chi connectivity index (χ0n) is 14.1. The van der Waals surface area contributed by atoms with E-state index >= 15 is 0 Å². The lowest BCUT2D eigenvalue weighted by Crippen LogP contribution is -2.20. The molecule has 0 amide bonds. The molecule has 27 heavy (non-hydrogen) atoms. The van der Waals surface area contributed by atoms with Crippen LogP contribution in [0.25, 0.3) is 0 Å². The Kier molecular flexibility index (Phi) is 5.06. The molecule has 0 aromatic heterocycles. The van der Waals surface area contributed by atoms with Crippen molar-refractivity contribution >= 4 is 23.2 Å². The monoisotopic (exact) mass is 400 g/mol. The minimum absolute atomic E-state index is 0.179. The fourth-order valence-electron chi connectivity index (χ4n) is 3.13. The summed E-state index contributed by atoms with van der Waals surface area (Å²) in [5.74, 6) is 0. The largest absolute Gasteiger partial charge is 0.370 e. The number of hydrogen-bond acceptors (Lipinski definition) is 5. The average molecular weight is 401 g/mol. The summed E-state index contributed by atoms with van der Waals surface area (Å²) in [6.45, 7) is 1.06. The molecule has 5 nitrogen and oxygen atoms in total. The standard InChI is InChI=1S/C20H14Cl2N2O3/c21-15-5-1-3-11(13(15)7-23)19(17-9-25-17)27-20(18-10-26-18)12-4-2-6-16(22)14(12)8-24/h1-6,17-20H,9-10H2. The molecule has 4 unspecified atom stereocenters. The SMILES string of the molecule is N#Cc1c(Cl)cccc1C(OC(c1cccc(Cl)c1C#N)C1CO1)C1CO1. The van der Waals surface area contributed by atoms with Crippen molar-refractivity contribution in [2.45, 2.75) is 24.4 Å². The lowest BCUT2D eigenvalue weighted by molar-refractivity contribution is -0.0421. The van der Waals surface area contributed by atoms with Crippen molar-refractivity contribution in [3.8, 4) is 12.1 Å². The third-order valence-corrected chi connectivity index (χ3v) is 5.25.